The number of nitrogens with one attached hydrogen (secondary N) is 2. The van der Waals surface area contributed by atoms with Gasteiger partial charge in [0.2, 0.25) is 15.9 Å². The minimum Gasteiger partial charge on any atom is -0.346 e. The SMILES string of the molecule is CC(NC(=O)/C=C/c1ccccc1F)c1cccc(NS(C)(=O)=O)c1. The molecule has 0 bridgehead atoms. The van der Waals surface area contributed by atoms with Gasteiger partial charge in [0.15, 0.2) is 0 Å². The molecule has 0 fully saturated rings. The summed E-state index contributed by atoms with van der Waals surface area (Å²) in [5.74, 6) is -0.781. The second-order valence-electron chi connectivity index (χ2n) is 5.58. The van der Waals surface area contributed by atoms with Crippen molar-refractivity contribution < 1.29 is 17.6 Å². The average molecular weight is 362 g/mol. The fourth-order valence-corrected chi connectivity index (χ4v) is 2.76. The summed E-state index contributed by atoms with van der Waals surface area (Å²) in [6.07, 6.45) is 3.73. The number of anilines is 1. The zero-order chi connectivity index (χ0) is 18.4. The van der Waals surface area contributed by atoms with Gasteiger partial charge in [-0.25, -0.2) is 12.8 Å². The Balaban J connectivity index is 2.04. The zero-order valence-corrected chi connectivity index (χ0v) is 14.7. The molecule has 0 saturated carbocycles. The molecule has 132 valence electrons. The minimum absolute atomic E-state index is 0.324. The Morgan fingerprint density at radius 2 is 1.88 bits per heavy atom. The van der Waals surface area contributed by atoms with E-state index in [9.17, 15) is 17.6 Å². The second kappa shape index (κ2) is 7.94. The van der Waals surface area contributed by atoms with Crippen LogP contribution in [-0.4, -0.2) is 20.6 Å². The smallest absolute Gasteiger partial charge is 0.244 e. The largest absolute Gasteiger partial charge is 0.346 e. The third-order valence-electron chi connectivity index (χ3n) is 3.37. The van der Waals surface area contributed by atoms with Gasteiger partial charge in [0, 0.05) is 17.3 Å². The number of halogens is 1. The molecule has 2 aromatic rings. The first-order valence-corrected chi connectivity index (χ1v) is 9.44. The molecule has 2 aromatic carbocycles. The van der Waals surface area contributed by atoms with E-state index < -0.39 is 15.8 Å². The van der Waals surface area contributed by atoms with Gasteiger partial charge in [-0.15, -0.1) is 0 Å². The highest BCUT2D eigenvalue weighted by molar-refractivity contribution is 7.92. The second-order valence-corrected chi connectivity index (χ2v) is 7.33. The molecular weight excluding hydrogens is 343 g/mol. The Bertz CT molecular complexity index is 895. The number of amides is 1. The summed E-state index contributed by atoms with van der Waals surface area (Å²) in [5.41, 5.74) is 1.48. The lowest BCUT2D eigenvalue weighted by atomic mass is 10.1. The molecule has 0 saturated heterocycles. The highest BCUT2D eigenvalue weighted by Crippen LogP contribution is 2.18. The van der Waals surface area contributed by atoms with Crippen molar-refractivity contribution in [1.82, 2.24) is 5.32 Å². The Labute approximate surface area is 146 Å². The van der Waals surface area contributed by atoms with Crippen LogP contribution in [0, 0.1) is 5.82 Å². The van der Waals surface area contributed by atoms with Gasteiger partial charge in [-0.2, -0.15) is 0 Å². The summed E-state index contributed by atoms with van der Waals surface area (Å²) < 4.78 is 38.5. The summed E-state index contributed by atoms with van der Waals surface area (Å²) >= 11 is 0. The lowest BCUT2D eigenvalue weighted by Crippen LogP contribution is -2.24. The fraction of sp³-hybridized carbons (Fsp3) is 0.167. The highest BCUT2D eigenvalue weighted by Gasteiger charge is 2.10. The molecule has 2 rings (SSSR count). The normalized spacial score (nSPS) is 12.8. The van der Waals surface area contributed by atoms with Gasteiger partial charge in [-0.1, -0.05) is 30.3 Å². The van der Waals surface area contributed by atoms with Crippen LogP contribution in [0.15, 0.2) is 54.6 Å². The Kier molecular flexibility index (Phi) is 5.93. The molecule has 1 amide bonds. The standard InChI is InChI=1S/C18H19FN2O3S/c1-13(15-7-5-8-16(12-15)21-25(2,23)24)20-18(22)11-10-14-6-3-4-9-17(14)19/h3-13,21H,1-2H3,(H,20,22)/b11-10+. The molecule has 5 nitrogen and oxygen atoms in total. The number of hydrogen-bond donors (Lipinski definition) is 2. The minimum atomic E-state index is -3.37. The van der Waals surface area contributed by atoms with Crippen LogP contribution >= 0.6 is 0 Å². The van der Waals surface area contributed by atoms with E-state index in [-0.39, 0.29) is 11.9 Å². The molecule has 7 heteroatoms. The van der Waals surface area contributed by atoms with Gasteiger partial charge in [0.05, 0.1) is 12.3 Å². The van der Waals surface area contributed by atoms with Crippen LogP contribution in [0.25, 0.3) is 6.08 Å². The lowest BCUT2D eigenvalue weighted by Gasteiger charge is -2.14. The van der Waals surface area contributed by atoms with Crippen molar-refractivity contribution in [2.75, 3.05) is 11.0 Å². The summed E-state index contributed by atoms with van der Waals surface area (Å²) in [7, 11) is -3.37. The Morgan fingerprint density at radius 1 is 1.16 bits per heavy atom. The maximum absolute atomic E-state index is 13.5. The molecular formula is C18H19FN2O3S. The monoisotopic (exact) mass is 362 g/mol. The highest BCUT2D eigenvalue weighted by atomic mass is 32.2. The summed E-state index contributed by atoms with van der Waals surface area (Å²) in [5, 5.41) is 2.75. The fourth-order valence-electron chi connectivity index (χ4n) is 2.21. The first kappa shape index (κ1) is 18.7. The summed E-state index contributed by atoms with van der Waals surface area (Å²) in [6, 6.07) is 12.5. The van der Waals surface area contributed by atoms with E-state index in [1.54, 1.807) is 49.4 Å². The van der Waals surface area contributed by atoms with Crippen LogP contribution in [0.4, 0.5) is 10.1 Å². The van der Waals surface area contributed by atoms with Gasteiger partial charge in [0.1, 0.15) is 5.82 Å². The zero-order valence-electron chi connectivity index (χ0n) is 13.9. The van der Waals surface area contributed by atoms with Crippen molar-refractivity contribution in [3.8, 4) is 0 Å². The molecule has 0 aromatic heterocycles. The number of benzene rings is 2. The summed E-state index contributed by atoms with van der Waals surface area (Å²) in [6.45, 7) is 1.77. The van der Waals surface area contributed by atoms with E-state index in [0.29, 0.717) is 11.3 Å². The van der Waals surface area contributed by atoms with Crippen LogP contribution < -0.4 is 10.0 Å². The van der Waals surface area contributed by atoms with E-state index in [0.717, 1.165) is 11.8 Å². The first-order chi connectivity index (χ1) is 11.7. The van der Waals surface area contributed by atoms with Crippen molar-refractivity contribution in [3.63, 3.8) is 0 Å². The van der Waals surface area contributed by atoms with Gasteiger partial charge < -0.3 is 5.32 Å². The van der Waals surface area contributed by atoms with Gasteiger partial charge >= 0.3 is 0 Å². The van der Waals surface area contributed by atoms with Gasteiger partial charge in [-0.3, -0.25) is 9.52 Å². The predicted molar refractivity (Wildman–Crippen MR) is 96.9 cm³/mol. The molecule has 2 N–H and O–H groups in total. The molecule has 0 aliphatic rings. The lowest BCUT2D eigenvalue weighted by molar-refractivity contribution is -0.117. The first-order valence-electron chi connectivity index (χ1n) is 7.55. The Morgan fingerprint density at radius 3 is 2.56 bits per heavy atom. The third-order valence-corrected chi connectivity index (χ3v) is 3.97. The molecule has 0 heterocycles. The number of carbonyl (C=O) groups is 1. The van der Waals surface area contributed by atoms with Gasteiger partial charge in [0.25, 0.3) is 0 Å². The number of carbonyl (C=O) groups excluding carboxylic acids is 1. The number of rotatable bonds is 6. The van der Waals surface area contributed by atoms with E-state index in [1.807, 2.05) is 0 Å². The molecule has 1 unspecified atom stereocenters. The van der Waals surface area contributed by atoms with Crippen LogP contribution in [0.3, 0.4) is 0 Å². The topological polar surface area (TPSA) is 75.3 Å². The van der Waals surface area contributed by atoms with E-state index in [4.69, 9.17) is 0 Å². The maximum atomic E-state index is 13.5. The van der Waals surface area contributed by atoms with E-state index in [1.165, 1.54) is 18.2 Å². The van der Waals surface area contributed by atoms with Crippen molar-refractivity contribution in [1.29, 1.82) is 0 Å². The van der Waals surface area contributed by atoms with Crippen molar-refractivity contribution in [2.45, 2.75) is 13.0 Å². The molecule has 0 radical (unpaired) electrons. The molecule has 0 aliphatic heterocycles. The van der Waals surface area contributed by atoms with E-state index in [2.05, 4.69) is 10.0 Å². The summed E-state index contributed by atoms with van der Waals surface area (Å²) in [4.78, 5) is 12.0. The number of sulfonamides is 1. The van der Waals surface area contributed by atoms with Gasteiger partial charge in [-0.05, 0) is 36.8 Å². The molecule has 0 aliphatic carbocycles. The third kappa shape index (κ3) is 6.04. The van der Waals surface area contributed by atoms with Crippen molar-refractivity contribution in [3.05, 3.63) is 71.6 Å². The maximum Gasteiger partial charge on any atom is 0.244 e. The van der Waals surface area contributed by atoms with E-state index >= 15 is 0 Å². The molecule has 0 spiro atoms. The van der Waals surface area contributed by atoms with Crippen LogP contribution in [0.5, 0.6) is 0 Å². The van der Waals surface area contributed by atoms with Crippen LogP contribution in [0.1, 0.15) is 24.1 Å². The molecule has 25 heavy (non-hydrogen) atoms. The van der Waals surface area contributed by atoms with Crippen molar-refractivity contribution in [2.24, 2.45) is 0 Å². The van der Waals surface area contributed by atoms with Crippen LogP contribution in [-0.2, 0) is 14.8 Å². The van der Waals surface area contributed by atoms with Crippen molar-refractivity contribution >= 4 is 27.7 Å². The molecule has 1 atom stereocenters. The van der Waals surface area contributed by atoms with Crippen LogP contribution in [0.2, 0.25) is 0 Å². The number of hydrogen-bond acceptors (Lipinski definition) is 3. The predicted octanol–water partition coefficient (Wildman–Crippen LogP) is 3.09. The Hall–Kier alpha value is -2.67. The quantitative estimate of drug-likeness (QED) is 0.776. The average Bonchev–Trinajstić information content (AvgIpc) is 2.52.